The van der Waals surface area contributed by atoms with Gasteiger partial charge in [-0.05, 0) is 47.0 Å². The number of Topliss-reactive ketones (excluding diaryl/α,β-unsaturated/α-hetero) is 1. The van der Waals surface area contributed by atoms with Crippen molar-refractivity contribution in [2.45, 2.75) is 83.1 Å². The lowest BCUT2D eigenvalue weighted by Crippen LogP contribution is -2.58. The molecule has 0 aromatic rings. The highest BCUT2D eigenvalue weighted by molar-refractivity contribution is 5.98. The molecule has 9 nitrogen and oxygen atoms in total. The van der Waals surface area contributed by atoms with Gasteiger partial charge >= 0.3 is 0 Å². The summed E-state index contributed by atoms with van der Waals surface area (Å²) in [6.45, 7) is 12.0. The molecule has 164 valence electrons. The van der Waals surface area contributed by atoms with Crippen molar-refractivity contribution in [3.05, 3.63) is 12.7 Å². The van der Waals surface area contributed by atoms with Crippen molar-refractivity contribution < 1.29 is 23.9 Å². The first kappa shape index (κ1) is 24.8. The van der Waals surface area contributed by atoms with E-state index >= 15 is 0 Å². The maximum absolute atomic E-state index is 12.7. The number of ether oxygens (including phenoxy) is 1. The van der Waals surface area contributed by atoms with E-state index < -0.39 is 47.0 Å². The standard InChI is InChI=1S/C20H34N4O5/c1-7-9-10-14(24-16(26)12(3)22-18(28)19(4,5)21)17(27)23-13(8-2)15(25)20(6)11-29-20/h7,12-14H,1,8-11,21H2,2-6H3,(H,22,28)(H,23,27)(H,24,26). The van der Waals surface area contributed by atoms with Crippen LogP contribution >= 0.6 is 0 Å². The third-order valence-corrected chi connectivity index (χ3v) is 4.76. The van der Waals surface area contributed by atoms with Gasteiger partial charge in [-0.1, -0.05) is 13.0 Å². The van der Waals surface area contributed by atoms with E-state index in [2.05, 4.69) is 22.5 Å². The zero-order valence-corrected chi connectivity index (χ0v) is 18.0. The summed E-state index contributed by atoms with van der Waals surface area (Å²) in [6.07, 6.45) is 2.84. The molecule has 0 bridgehead atoms. The fourth-order valence-electron chi connectivity index (χ4n) is 2.54. The molecule has 5 N–H and O–H groups in total. The topological polar surface area (TPSA) is 143 Å². The van der Waals surface area contributed by atoms with Gasteiger partial charge in [0, 0.05) is 0 Å². The molecule has 4 unspecified atom stereocenters. The monoisotopic (exact) mass is 410 g/mol. The summed E-state index contributed by atoms with van der Waals surface area (Å²) in [4.78, 5) is 49.7. The fourth-order valence-corrected chi connectivity index (χ4v) is 2.54. The van der Waals surface area contributed by atoms with E-state index in [0.29, 0.717) is 25.9 Å². The summed E-state index contributed by atoms with van der Waals surface area (Å²) >= 11 is 0. The summed E-state index contributed by atoms with van der Waals surface area (Å²) in [5, 5.41) is 7.86. The Morgan fingerprint density at radius 1 is 1.17 bits per heavy atom. The summed E-state index contributed by atoms with van der Waals surface area (Å²) in [7, 11) is 0. The molecule has 0 radical (unpaired) electrons. The minimum absolute atomic E-state index is 0.187. The Morgan fingerprint density at radius 2 is 1.72 bits per heavy atom. The third kappa shape index (κ3) is 7.25. The molecule has 0 aromatic carbocycles. The van der Waals surface area contributed by atoms with Gasteiger partial charge in [-0.2, -0.15) is 0 Å². The van der Waals surface area contributed by atoms with E-state index in [4.69, 9.17) is 10.5 Å². The second-order valence-electron chi connectivity index (χ2n) is 8.20. The van der Waals surface area contributed by atoms with Crippen molar-refractivity contribution >= 4 is 23.5 Å². The number of epoxide rings is 1. The molecule has 0 saturated carbocycles. The van der Waals surface area contributed by atoms with Gasteiger partial charge in [-0.3, -0.25) is 19.2 Å². The van der Waals surface area contributed by atoms with Crippen molar-refractivity contribution in [1.29, 1.82) is 0 Å². The molecule has 29 heavy (non-hydrogen) atoms. The highest BCUT2D eigenvalue weighted by atomic mass is 16.6. The zero-order valence-electron chi connectivity index (χ0n) is 18.0. The highest BCUT2D eigenvalue weighted by Crippen LogP contribution is 2.28. The lowest BCUT2D eigenvalue weighted by atomic mass is 9.98. The number of hydrogen-bond donors (Lipinski definition) is 4. The van der Waals surface area contributed by atoms with Crippen LogP contribution in [0, 0.1) is 0 Å². The van der Waals surface area contributed by atoms with E-state index in [9.17, 15) is 19.2 Å². The minimum atomic E-state index is -1.14. The smallest absolute Gasteiger partial charge is 0.243 e. The first-order valence-corrected chi connectivity index (χ1v) is 9.85. The Hall–Kier alpha value is -2.26. The first-order chi connectivity index (χ1) is 13.4. The van der Waals surface area contributed by atoms with Gasteiger partial charge in [-0.15, -0.1) is 6.58 Å². The quantitative estimate of drug-likeness (QED) is 0.262. The molecular formula is C20H34N4O5. The summed E-state index contributed by atoms with van der Waals surface area (Å²) in [6, 6.07) is -2.46. The second kappa shape index (κ2) is 9.98. The molecule has 0 aromatic heterocycles. The van der Waals surface area contributed by atoms with E-state index in [1.165, 1.54) is 20.8 Å². The van der Waals surface area contributed by atoms with Crippen LogP contribution in [0.4, 0.5) is 0 Å². The SMILES string of the molecule is C=CCCC(NC(=O)C(C)NC(=O)C(C)(C)N)C(=O)NC(CC)C(=O)C1(C)CO1. The molecule has 3 amide bonds. The molecule has 0 spiro atoms. The van der Waals surface area contributed by atoms with E-state index in [1.807, 2.05) is 0 Å². The molecular weight excluding hydrogens is 376 g/mol. The molecule has 0 aliphatic carbocycles. The van der Waals surface area contributed by atoms with Crippen molar-refractivity contribution in [1.82, 2.24) is 16.0 Å². The fraction of sp³-hybridized carbons (Fsp3) is 0.700. The Balaban J connectivity index is 2.77. The van der Waals surface area contributed by atoms with Gasteiger partial charge in [0.15, 0.2) is 5.78 Å². The summed E-state index contributed by atoms with van der Waals surface area (Å²) < 4.78 is 5.17. The van der Waals surface area contributed by atoms with Gasteiger partial charge in [-0.25, -0.2) is 0 Å². The van der Waals surface area contributed by atoms with Crippen LogP contribution in [0.15, 0.2) is 12.7 Å². The van der Waals surface area contributed by atoms with Crippen LogP contribution in [0.3, 0.4) is 0 Å². The van der Waals surface area contributed by atoms with Crippen molar-refractivity contribution in [3.63, 3.8) is 0 Å². The number of ketones is 1. The number of allylic oxidation sites excluding steroid dienone is 1. The molecule has 1 rings (SSSR count). The summed E-state index contributed by atoms with van der Waals surface area (Å²) in [5.41, 5.74) is 3.74. The zero-order chi connectivity index (χ0) is 22.4. The predicted molar refractivity (Wildman–Crippen MR) is 109 cm³/mol. The van der Waals surface area contributed by atoms with Crippen LogP contribution in [-0.2, 0) is 23.9 Å². The van der Waals surface area contributed by atoms with E-state index in [0.717, 1.165) is 0 Å². The third-order valence-electron chi connectivity index (χ3n) is 4.76. The molecule has 4 atom stereocenters. The van der Waals surface area contributed by atoms with Gasteiger partial charge in [0.25, 0.3) is 0 Å². The number of rotatable bonds is 12. The Labute approximate surface area is 172 Å². The lowest BCUT2D eigenvalue weighted by molar-refractivity contribution is -0.134. The number of amides is 3. The Kier molecular flexibility index (Phi) is 8.52. The van der Waals surface area contributed by atoms with Gasteiger partial charge in [0.2, 0.25) is 17.7 Å². The number of hydrogen-bond acceptors (Lipinski definition) is 6. The van der Waals surface area contributed by atoms with Crippen LogP contribution in [0.5, 0.6) is 0 Å². The first-order valence-electron chi connectivity index (χ1n) is 9.85. The number of carbonyl (C=O) groups is 4. The number of nitrogens with one attached hydrogen (secondary N) is 3. The minimum Gasteiger partial charge on any atom is -0.361 e. The highest BCUT2D eigenvalue weighted by Gasteiger charge is 2.49. The second-order valence-corrected chi connectivity index (χ2v) is 8.20. The van der Waals surface area contributed by atoms with Crippen molar-refractivity contribution in [2.24, 2.45) is 5.73 Å². The number of nitrogens with two attached hydrogens (primary N) is 1. The average molecular weight is 411 g/mol. The molecule has 1 aliphatic rings. The average Bonchev–Trinajstić information content (AvgIpc) is 3.39. The van der Waals surface area contributed by atoms with Crippen LogP contribution in [0.2, 0.25) is 0 Å². The number of carbonyl (C=O) groups excluding carboxylic acids is 4. The maximum atomic E-state index is 12.7. The predicted octanol–water partition coefficient (Wildman–Crippen LogP) is -0.0678. The molecule has 1 aliphatic heterocycles. The molecule has 1 heterocycles. The van der Waals surface area contributed by atoms with Crippen LogP contribution in [-0.4, -0.2) is 59.4 Å². The van der Waals surface area contributed by atoms with Gasteiger partial charge in [0.1, 0.15) is 17.7 Å². The molecule has 1 fully saturated rings. The van der Waals surface area contributed by atoms with E-state index in [-0.39, 0.29) is 5.78 Å². The van der Waals surface area contributed by atoms with Crippen LogP contribution < -0.4 is 21.7 Å². The van der Waals surface area contributed by atoms with Crippen molar-refractivity contribution in [3.8, 4) is 0 Å². The molecule has 9 heteroatoms. The lowest BCUT2D eigenvalue weighted by Gasteiger charge is -2.25. The van der Waals surface area contributed by atoms with Crippen LogP contribution in [0.1, 0.15) is 53.9 Å². The normalized spacial score (nSPS) is 21.3. The Morgan fingerprint density at radius 3 is 2.17 bits per heavy atom. The largest absolute Gasteiger partial charge is 0.361 e. The molecule has 1 saturated heterocycles. The summed E-state index contributed by atoms with van der Waals surface area (Å²) in [5.74, 6) is -1.67. The van der Waals surface area contributed by atoms with E-state index in [1.54, 1.807) is 19.9 Å². The Bertz CT molecular complexity index is 652. The van der Waals surface area contributed by atoms with Crippen molar-refractivity contribution in [2.75, 3.05) is 6.61 Å². The maximum Gasteiger partial charge on any atom is 0.243 e. The van der Waals surface area contributed by atoms with Gasteiger partial charge in [0.05, 0.1) is 18.2 Å². The van der Waals surface area contributed by atoms with Gasteiger partial charge < -0.3 is 26.4 Å². The van der Waals surface area contributed by atoms with Crippen LogP contribution in [0.25, 0.3) is 0 Å².